The van der Waals surface area contributed by atoms with Crippen LogP contribution in [0, 0.1) is 0 Å². The van der Waals surface area contributed by atoms with Gasteiger partial charge in [0.05, 0.1) is 44.6 Å². The minimum absolute atomic E-state index is 0.552. The summed E-state index contributed by atoms with van der Waals surface area (Å²) in [5.41, 5.74) is 16.8. The van der Waals surface area contributed by atoms with E-state index in [9.17, 15) is 0 Å². The van der Waals surface area contributed by atoms with Crippen molar-refractivity contribution in [2.75, 3.05) is 0 Å². The molecule has 1 unspecified atom stereocenters. The highest BCUT2D eigenvalue weighted by Crippen LogP contribution is 2.62. The fourth-order valence-corrected chi connectivity index (χ4v) is 12.3. The van der Waals surface area contributed by atoms with Gasteiger partial charge in [-0.25, -0.2) is 9.97 Å². The molecule has 3 aromatic heterocycles. The smallest absolute Gasteiger partial charge is 0.160 e. The molecule has 0 saturated heterocycles. The van der Waals surface area contributed by atoms with Crippen molar-refractivity contribution in [3.05, 3.63) is 241 Å². The second-order valence-electron chi connectivity index (χ2n) is 16.8. The Morgan fingerprint density at radius 1 is 0.391 bits per heavy atom. The Bertz CT molecular complexity index is 3810. The van der Waals surface area contributed by atoms with Crippen molar-refractivity contribution < 1.29 is 0 Å². The maximum Gasteiger partial charge on any atom is 0.160 e. The van der Waals surface area contributed by atoms with Crippen LogP contribution in [0.1, 0.15) is 22.3 Å². The van der Waals surface area contributed by atoms with Crippen molar-refractivity contribution in [1.82, 2.24) is 19.1 Å². The van der Waals surface area contributed by atoms with Crippen LogP contribution in [0.15, 0.2) is 228 Å². The zero-order chi connectivity index (χ0) is 41.9. The lowest BCUT2D eigenvalue weighted by Crippen LogP contribution is -2.37. The third-order valence-electron chi connectivity index (χ3n) is 13.6. The van der Waals surface area contributed by atoms with Gasteiger partial charge in [-0.05, 0) is 82.9 Å². The highest BCUT2D eigenvalue weighted by Gasteiger charge is 2.50. The van der Waals surface area contributed by atoms with Crippen molar-refractivity contribution in [3.8, 4) is 45.3 Å². The Balaban J connectivity index is 0.996. The van der Waals surface area contributed by atoms with Crippen LogP contribution >= 0.6 is 11.8 Å². The standard InChI is InChI=1S/C59H36N4S/c1-3-16-37(17-4-1)48-36-49(38-18-5-2-6-19-38)61-58(60-48)39-30-32-40(33-31-39)62-51-27-12-8-21-43(51)55-53(62)35-34-47-57(55)64-54-29-14-10-24-45(54)59(47)44-23-9-13-28-52(44)63-50-26-11-7-20-41(50)42-22-15-25-46(59)56(42)63/h1-36H. The van der Waals surface area contributed by atoms with Gasteiger partial charge >= 0.3 is 0 Å². The van der Waals surface area contributed by atoms with E-state index >= 15 is 0 Å². The molecule has 9 aromatic carbocycles. The summed E-state index contributed by atoms with van der Waals surface area (Å²) in [6.07, 6.45) is 0. The third kappa shape index (κ3) is 4.84. The molecule has 14 rings (SSSR count). The number of rotatable bonds is 4. The lowest BCUT2D eigenvalue weighted by atomic mass is 9.62. The number of fused-ring (bicyclic) bond motifs is 15. The van der Waals surface area contributed by atoms with Crippen LogP contribution in [0.2, 0.25) is 0 Å². The Morgan fingerprint density at radius 3 is 1.73 bits per heavy atom. The molecule has 0 bridgehead atoms. The molecule has 0 fully saturated rings. The number of nitrogens with zero attached hydrogens (tertiary/aromatic N) is 4. The molecule has 0 aliphatic carbocycles. The van der Waals surface area contributed by atoms with Gasteiger partial charge < -0.3 is 9.13 Å². The van der Waals surface area contributed by atoms with E-state index in [1.54, 1.807) is 0 Å². The Morgan fingerprint density at radius 2 is 0.984 bits per heavy atom. The normalized spacial score (nSPS) is 14.9. The van der Waals surface area contributed by atoms with Gasteiger partial charge in [-0.1, -0.05) is 169 Å². The van der Waals surface area contributed by atoms with E-state index in [2.05, 4.69) is 215 Å². The average Bonchev–Trinajstić information content (AvgIpc) is 3.90. The first-order valence-electron chi connectivity index (χ1n) is 21.8. The molecule has 298 valence electrons. The number of para-hydroxylation sites is 4. The molecular weight excluding hydrogens is 797 g/mol. The van der Waals surface area contributed by atoms with E-state index in [4.69, 9.17) is 9.97 Å². The Kier molecular flexibility index (Phi) is 7.51. The summed E-state index contributed by atoms with van der Waals surface area (Å²) in [7, 11) is 0. The zero-order valence-corrected chi connectivity index (χ0v) is 35.3. The number of aromatic nitrogens is 4. The lowest BCUT2D eigenvalue weighted by Gasteiger charge is -2.45. The third-order valence-corrected chi connectivity index (χ3v) is 14.8. The zero-order valence-electron chi connectivity index (χ0n) is 34.5. The number of hydrogen-bond donors (Lipinski definition) is 0. The van der Waals surface area contributed by atoms with Gasteiger partial charge in [0.25, 0.3) is 0 Å². The van der Waals surface area contributed by atoms with E-state index in [-0.39, 0.29) is 0 Å². The molecule has 2 aliphatic heterocycles. The van der Waals surface area contributed by atoms with Gasteiger partial charge in [-0.3, -0.25) is 0 Å². The molecule has 5 heteroatoms. The van der Waals surface area contributed by atoms with Crippen LogP contribution in [0.5, 0.6) is 0 Å². The van der Waals surface area contributed by atoms with Gasteiger partial charge in [0.15, 0.2) is 5.82 Å². The van der Waals surface area contributed by atoms with E-state index in [0.29, 0.717) is 5.82 Å². The largest absolute Gasteiger partial charge is 0.309 e. The first kappa shape index (κ1) is 35.6. The summed E-state index contributed by atoms with van der Waals surface area (Å²) < 4.78 is 4.96. The number of benzene rings is 9. The molecule has 0 saturated carbocycles. The molecular formula is C59H36N4S. The minimum Gasteiger partial charge on any atom is -0.309 e. The summed E-state index contributed by atoms with van der Waals surface area (Å²) in [4.78, 5) is 12.9. The minimum atomic E-state index is -0.552. The van der Waals surface area contributed by atoms with Gasteiger partial charge in [0.2, 0.25) is 0 Å². The van der Waals surface area contributed by atoms with Crippen molar-refractivity contribution in [1.29, 1.82) is 0 Å². The first-order chi connectivity index (χ1) is 31.8. The molecule has 0 amide bonds. The second-order valence-corrected chi connectivity index (χ2v) is 17.9. The fraction of sp³-hybridized carbons (Fsp3) is 0.0169. The number of hydrogen-bond acceptors (Lipinski definition) is 3. The van der Waals surface area contributed by atoms with Crippen molar-refractivity contribution >= 4 is 55.4 Å². The van der Waals surface area contributed by atoms with Crippen molar-refractivity contribution in [2.45, 2.75) is 15.2 Å². The fourth-order valence-electron chi connectivity index (χ4n) is 11.0. The maximum absolute atomic E-state index is 5.13. The van der Waals surface area contributed by atoms with Gasteiger partial charge in [-0.15, -0.1) is 0 Å². The SMILES string of the molecule is c1ccc(-c2cc(-c3ccccc3)nc(-c3ccc(-n4c5ccccc5c5c6c(ccc54)C4(c5ccccc5S6)c5ccccc5-n5c6ccccc6c6cccc4c65)cc3)n2)cc1. The molecule has 2 aliphatic rings. The van der Waals surface area contributed by atoms with Crippen LogP contribution in [-0.4, -0.2) is 19.1 Å². The van der Waals surface area contributed by atoms with Crippen LogP contribution in [0.25, 0.3) is 88.9 Å². The van der Waals surface area contributed by atoms with Gasteiger partial charge in [-0.2, -0.15) is 0 Å². The van der Waals surface area contributed by atoms with E-state index < -0.39 is 5.41 Å². The van der Waals surface area contributed by atoms with Gasteiger partial charge in [0.1, 0.15) is 0 Å². The molecule has 0 N–H and O–H groups in total. The predicted octanol–water partition coefficient (Wildman–Crippen LogP) is 14.8. The molecule has 64 heavy (non-hydrogen) atoms. The highest BCUT2D eigenvalue weighted by atomic mass is 32.2. The van der Waals surface area contributed by atoms with Crippen LogP contribution in [-0.2, 0) is 5.41 Å². The highest BCUT2D eigenvalue weighted by molar-refractivity contribution is 7.99. The molecule has 1 atom stereocenters. The van der Waals surface area contributed by atoms with E-state index in [0.717, 1.165) is 33.8 Å². The molecule has 0 radical (unpaired) electrons. The van der Waals surface area contributed by atoms with Crippen LogP contribution < -0.4 is 0 Å². The molecule has 5 heterocycles. The van der Waals surface area contributed by atoms with E-state index in [1.807, 2.05) is 23.9 Å². The maximum atomic E-state index is 5.13. The first-order valence-corrected chi connectivity index (χ1v) is 22.6. The van der Waals surface area contributed by atoms with Gasteiger partial charge in [0, 0.05) is 53.7 Å². The second kappa shape index (κ2) is 13.5. The predicted molar refractivity (Wildman–Crippen MR) is 263 cm³/mol. The lowest BCUT2D eigenvalue weighted by molar-refractivity contribution is 0.692. The van der Waals surface area contributed by atoms with Crippen molar-refractivity contribution in [2.24, 2.45) is 0 Å². The van der Waals surface area contributed by atoms with Crippen LogP contribution in [0.4, 0.5) is 0 Å². The summed E-state index contributed by atoms with van der Waals surface area (Å²) >= 11 is 1.92. The monoisotopic (exact) mass is 832 g/mol. The molecule has 1 spiro atoms. The molecule has 4 nitrogen and oxygen atoms in total. The Hall–Kier alpha value is -7.99. The van der Waals surface area contributed by atoms with E-state index in [1.165, 1.54) is 81.3 Å². The summed E-state index contributed by atoms with van der Waals surface area (Å²) in [5.74, 6) is 0.699. The van der Waals surface area contributed by atoms with Crippen molar-refractivity contribution in [3.63, 3.8) is 0 Å². The quantitative estimate of drug-likeness (QED) is 0.177. The summed E-state index contributed by atoms with van der Waals surface area (Å²) in [6.45, 7) is 0. The topological polar surface area (TPSA) is 35.6 Å². The summed E-state index contributed by atoms with van der Waals surface area (Å²) in [6, 6.07) is 79.4. The average molecular weight is 833 g/mol. The Labute approximate surface area is 373 Å². The molecule has 12 aromatic rings. The van der Waals surface area contributed by atoms with Crippen LogP contribution in [0.3, 0.4) is 0 Å². The summed E-state index contributed by atoms with van der Waals surface area (Å²) in [5, 5.41) is 5.08.